The summed E-state index contributed by atoms with van der Waals surface area (Å²) in [5.41, 5.74) is 1.85. The lowest BCUT2D eigenvalue weighted by molar-refractivity contribution is -0.119. The first-order valence-electron chi connectivity index (χ1n) is 11.4. The fourth-order valence-corrected chi connectivity index (χ4v) is 8.01. The van der Waals surface area contributed by atoms with Crippen molar-refractivity contribution in [2.75, 3.05) is 0 Å². The zero-order valence-electron chi connectivity index (χ0n) is 17.3. The average molecular weight is 369 g/mol. The minimum absolute atomic E-state index is 0.0620. The van der Waals surface area contributed by atoms with Gasteiger partial charge in [-0.1, -0.05) is 26.7 Å². The highest BCUT2D eigenvalue weighted by molar-refractivity contribution is 5.51. The third-order valence-electron chi connectivity index (χ3n) is 9.54. The number of aliphatic hydroxyl groups is 1. The second kappa shape index (κ2) is 6.24. The normalized spacial score (nSPS) is 48.1. The van der Waals surface area contributed by atoms with Gasteiger partial charge < -0.3 is 9.52 Å². The zero-order chi connectivity index (χ0) is 18.8. The van der Waals surface area contributed by atoms with E-state index < -0.39 is 0 Å². The molecule has 0 amide bonds. The standard InChI is InChI=1S/C25H36O2/c1-16-7-9-19(27-16)14-17-15-22-20-10-8-18-6-4-5-12-24(18,2)21(20)11-13-25(22,3)23(17)26/h7,9,14,18,20-23,26H,4-6,8,10-13,15H2,1-3H3/b17-14+/t18-,20+,21-,22-,23-,24-,25-/m0/s1. The lowest BCUT2D eigenvalue weighted by Crippen LogP contribution is -2.53. The predicted octanol–water partition coefficient (Wildman–Crippen LogP) is 6.38. The molecule has 2 heteroatoms. The Kier molecular flexibility index (Phi) is 4.17. The molecule has 0 spiro atoms. The first-order valence-corrected chi connectivity index (χ1v) is 11.4. The molecule has 0 saturated heterocycles. The van der Waals surface area contributed by atoms with Crippen LogP contribution in [0, 0.1) is 41.4 Å². The van der Waals surface area contributed by atoms with Crippen molar-refractivity contribution in [3.63, 3.8) is 0 Å². The van der Waals surface area contributed by atoms with Crippen molar-refractivity contribution in [2.45, 2.75) is 84.7 Å². The number of fused-ring (bicyclic) bond motifs is 5. The Bertz CT molecular complexity index is 745. The van der Waals surface area contributed by atoms with Crippen molar-refractivity contribution >= 4 is 6.08 Å². The van der Waals surface area contributed by atoms with Crippen LogP contribution in [0.25, 0.3) is 6.08 Å². The topological polar surface area (TPSA) is 33.4 Å². The van der Waals surface area contributed by atoms with Crippen LogP contribution in [0.3, 0.4) is 0 Å². The van der Waals surface area contributed by atoms with Gasteiger partial charge in [0.2, 0.25) is 0 Å². The van der Waals surface area contributed by atoms with E-state index in [1.54, 1.807) is 0 Å². The molecule has 1 heterocycles. The van der Waals surface area contributed by atoms with Crippen molar-refractivity contribution in [3.8, 4) is 0 Å². The van der Waals surface area contributed by atoms with Crippen LogP contribution in [0.2, 0.25) is 0 Å². The van der Waals surface area contributed by atoms with Crippen molar-refractivity contribution in [1.29, 1.82) is 0 Å². The number of aryl methyl sites for hydroxylation is 1. The van der Waals surface area contributed by atoms with Crippen molar-refractivity contribution in [1.82, 2.24) is 0 Å². The molecule has 4 aliphatic carbocycles. The molecule has 0 aromatic carbocycles. The van der Waals surface area contributed by atoms with Crippen LogP contribution in [-0.2, 0) is 0 Å². The van der Waals surface area contributed by atoms with E-state index in [2.05, 4.69) is 19.9 Å². The van der Waals surface area contributed by atoms with Crippen LogP contribution in [0.5, 0.6) is 0 Å². The molecule has 0 aliphatic heterocycles. The molecule has 27 heavy (non-hydrogen) atoms. The van der Waals surface area contributed by atoms with Crippen molar-refractivity contribution in [3.05, 3.63) is 29.2 Å². The monoisotopic (exact) mass is 368 g/mol. The van der Waals surface area contributed by atoms with Gasteiger partial charge in [0.15, 0.2) is 0 Å². The van der Waals surface area contributed by atoms with Gasteiger partial charge in [0.1, 0.15) is 11.5 Å². The lowest BCUT2D eigenvalue weighted by Gasteiger charge is -2.60. The summed E-state index contributed by atoms with van der Waals surface area (Å²) in [5, 5.41) is 11.3. The first kappa shape index (κ1) is 18.0. The maximum atomic E-state index is 11.3. The molecule has 4 aliphatic rings. The Balaban J connectivity index is 1.45. The minimum Gasteiger partial charge on any atom is -0.462 e. The lowest BCUT2D eigenvalue weighted by atomic mass is 9.45. The summed E-state index contributed by atoms with van der Waals surface area (Å²) in [5.74, 6) is 5.15. The van der Waals surface area contributed by atoms with E-state index in [4.69, 9.17) is 4.42 Å². The van der Waals surface area contributed by atoms with Crippen LogP contribution in [0.4, 0.5) is 0 Å². The van der Waals surface area contributed by atoms with E-state index in [9.17, 15) is 5.11 Å². The molecule has 148 valence electrons. The maximum absolute atomic E-state index is 11.3. The fourth-order valence-electron chi connectivity index (χ4n) is 8.01. The van der Waals surface area contributed by atoms with Gasteiger partial charge in [0.25, 0.3) is 0 Å². The summed E-state index contributed by atoms with van der Waals surface area (Å²) < 4.78 is 5.79. The second-order valence-corrected chi connectivity index (χ2v) is 10.7. The van der Waals surface area contributed by atoms with Crippen LogP contribution in [-0.4, -0.2) is 11.2 Å². The van der Waals surface area contributed by atoms with Gasteiger partial charge in [-0.2, -0.15) is 0 Å². The smallest absolute Gasteiger partial charge is 0.127 e. The van der Waals surface area contributed by atoms with E-state index in [0.29, 0.717) is 11.3 Å². The van der Waals surface area contributed by atoms with Crippen LogP contribution in [0.1, 0.15) is 83.2 Å². The maximum Gasteiger partial charge on any atom is 0.127 e. The van der Waals surface area contributed by atoms with Gasteiger partial charge in [0.05, 0.1) is 6.10 Å². The quantitative estimate of drug-likeness (QED) is 0.624. The molecule has 0 bridgehead atoms. The third kappa shape index (κ3) is 2.62. The van der Waals surface area contributed by atoms with Crippen LogP contribution >= 0.6 is 0 Å². The van der Waals surface area contributed by atoms with Crippen molar-refractivity contribution in [2.24, 2.45) is 34.5 Å². The third-order valence-corrected chi connectivity index (χ3v) is 9.54. The average Bonchev–Trinajstić information content (AvgIpc) is 3.16. The van der Waals surface area contributed by atoms with Crippen LogP contribution < -0.4 is 0 Å². The van der Waals surface area contributed by atoms with Crippen molar-refractivity contribution < 1.29 is 9.52 Å². The molecule has 1 aromatic heterocycles. The summed E-state index contributed by atoms with van der Waals surface area (Å²) in [4.78, 5) is 0. The molecule has 7 atom stereocenters. The molecule has 0 radical (unpaired) electrons. The number of hydrogen-bond acceptors (Lipinski definition) is 2. The van der Waals surface area contributed by atoms with Crippen LogP contribution in [0.15, 0.2) is 22.1 Å². The van der Waals surface area contributed by atoms with Gasteiger partial charge in [-0.05, 0) is 105 Å². The van der Waals surface area contributed by atoms with Gasteiger partial charge in [-0.15, -0.1) is 0 Å². The molecule has 4 saturated carbocycles. The molecular weight excluding hydrogens is 332 g/mol. The molecule has 2 nitrogen and oxygen atoms in total. The van der Waals surface area contributed by atoms with E-state index in [-0.39, 0.29) is 11.5 Å². The van der Waals surface area contributed by atoms with Gasteiger partial charge in [0, 0.05) is 5.41 Å². The summed E-state index contributed by atoms with van der Waals surface area (Å²) in [7, 11) is 0. The highest BCUT2D eigenvalue weighted by Gasteiger charge is 2.60. The molecule has 1 aromatic rings. The summed E-state index contributed by atoms with van der Waals surface area (Å²) in [6.45, 7) is 6.99. The number of rotatable bonds is 1. The van der Waals surface area contributed by atoms with E-state index in [1.165, 1.54) is 56.9 Å². The largest absolute Gasteiger partial charge is 0.462 e. The minimum atomic E-state index is -0.300. The predicted molar refractivity (Wildman–Crippen MR) is 109 cm³/mol. The fraction of sp³-hybridized carbons (Fsp3) is 0.760. The molecule has 1 N–H and O–H groups in total. The Hall–Kier alpha value is -1.02. The summed E-state index contributed by atoms with van der Waals surface area (Å²) in [6.07, 6.45) is 14.0. The second-order valence-electron chi connectivity index (χ2n) is 10.7. The number of furan rings is 1. The first-order chi connectivity index (χ1) is 12.9. The Morgan fingerprint density at radius 1 is 1.00 bits per heavy atom. The summed E-state index contributed by atoms with van der Waals surface area (Å²) in [6, 6.07) is 4.06. The van der Waals surface area contributed by atoms with E-state index in [0.717, 1.165) is 35.7 Å². The Morgan fingerprint density at radius 3 is 2.63 bits per heavy atom. The van der Waals surface area contributed by atoms with Gasteiger partial charge in [-0.25, -0.2) is 0 Å². The number of aliphatic hydroxyl groups excluding tert-OH is 1. The highest BCUT2D eigenvalue weighted by Crippen LogP contribution is 2.67. The SMILES string of the molecule is Cc1ccc(/C=C2\C[C@H]3[C@@H]4CC[C@@H]5CCCC[C@]5(C)[C@H]4CC[C@]3(C)[C@H]2O)o1. The van der Waals surface area contributed by atoms with E-state index in [1.807, 2.05) is 19.1 Å². The van der Waals surface area contributed by atoms with Gasteiger partial charge in [-0.3, -0.25) is 0 Å². The summed E-state index contributed by atoms with van der Waals surface area (Å²) >= 11 is 0. The van der Waals surface area contributed by atoms with Gasteiger partial charge >= 0.3 is 0 Å². The Morgan fingerprint density at radius 2 is 1.85 bits per heavy atom. The molecule has 0 unspecified atom stereocenters. The molecule has 5 rings (SSSR count). The Labute approximate surface area is 164 Å². The molecular formula is C25H36O2. The number of hydrogen-bond donors (Lipinski definition) is 1. The highest BCUT2D eigenvalue weighted by atomic mass is 16.3. The van der Waals surface area contributed by atoms with E-state index >= 15 is 0 Å². The molecule has 4 fully saturated rings. The zero-order valence-corrected chi connectivity index (χ0v) is 17.3.